The molecule has 2 aromatic carbocycles. The fourth-order valence-corrected chi connectivity index (χ4v) is 2.92. The van der Waals surface area contributed by atoms with Gasteiger partial charge in [0.15, 0.2) is 5.82 Å². The van der Waals surface area contributed by atoms with Gasteiger partial charge in [-0.2, -0.15) is 8.57 Å². The highest BCUT2D eigenvalue weighted by atomic mass is 32.1. The lowest BCUT2D eigenvalue weighted by molar-refractivity contribution is -0.133. The van der Waals surface area contributed by atoms with Gasteiger partial charge in [0.1, 0.15) is 12.3 Å². The van der Waals surface area contributed by atoms with E-state index in [0.29, 0.717) is 27.8 Å². The maximum Gasteiger partial charge on any atom is 0.339 e. The van der Waals surface area contributed by atoms with Crippen molar-refractivity contribution >= 4 is 34.3 Å². The van der Waals surface area contributed by atoms with Gasteiger partial charge in [-0.3, -0.25) is 0 Å². The van der Waals surface area contributed by atoms with Crippen molar-refractivity contribution in [1.82, 2.24) is 0 Å². The molecule has 0 atom stereocenters. The molecule has 0 saturated carbocycles. The summed E-state index contributed by atoms with van der Waals surface area (Å²) < 4.78 is 34.1. The lowest BCUT2D eigenvalue weighted by Gasteiger charge is -2.09. The van der Waals surface area contributed by atoms with Crippen LogP contribution in [-0.2, 0) is 21.0 Å². The van der Waals surface area contributed by atoms with Crippen LogP contribution >= 0.6 is 0 Å². The van der Waals surface area contributed by atoms with Gasteiger partial charge in [-0.1, -0.05) is 42.0 Å². The summed E-state index contributed by atoms with van der Waals surface area (Å²) in [6.07, 6.45) is 0. The summed E-state index contributed by atoms with van der Waals surface area (Å²) in [5.74, 6) is -1.03. The summed E-state index contributed by atoms with van der Waals surface area (Å²) in [5, 5.41) is 0. The van der Waals surface area contributed by atoms with Crippen LogP contribution in [0.1, 0.15) is 22.3 Å². The van der Waals surface area contributed by atoms with Gasteiger partial charge in [0, 0.05) is 11.1 Å². The van der Waals surface area contributed by atoms with Crippen LogP contribution in [0.5, 0.6) is 0 Å². The van der Waals surface area contributed by atoms with Gasteiger partial charge in [-0.05, 0) is 25.0 Å². The van der Waals surface area contributed by atoms with Crippen molar-refractivity contribution in [2.24, 2.45) is 4.36 Å². The van der Waals surface area contributed by atoms with Crippen LogP contribution in [0.3, 0.4) is 0 Å². The van der Waals surface area contributed by atoms with E-state index in [1.54, 1.807) is 19.1 Å². The van der Waals surface area contributed by atoms with Gasteiger partial charge in [0.2, 0.25) is 11.5 Å². The lowest BCUT2D eigenvalue weighted by atomic mass is 9.94. The molecule has 1 heterocycles. The number of esters is 1. The van der Waals surface area contributed by atoms with Crippen molar-refractivity contribution in [3.05, 3.63) is 64.5 Å². The molecule has 1 aliphatic rings. The van der Waals surface area contributed by atoms with Gasteiger partial charge in [0.05, 0.1) is 5.57 Å². The molecule has 0 N–H and O–H groups in total. The number of aryl methyl sites for hydroxylation is 2. The highest BCUT2D eigenvalue weighted by Crippen LogP contribution is 2.39. The van der Waals surface area contributed by atoms with E-state index in [4.69, 9.17) is 4.74 Å². The molecule has 0 spiro atoms. The van der Waals surface area contributed by atoms with Crippen molar-refractivity contribution in [2.75, 3.05) is 6.61 Å². The molecule has 0 bridgehead atoms. The molecule has 0 amide bonds. The number of ether oxygens (including phenoxy) is 1. The summed E-state index contributed by atoms with van der Waals surface area (Å²) in [6, 6.07) is 10.7. The minimum atomic E-state index is -0.564. The molecule has 0 saturated heterocycles. The molecule has 0 aromatic heterocycles. The molecule has 4 nitrogen and oxygen atoms in total. The molecule has 3 rings (SSSR count). The van der Waals surface area contributed by atoms with E-state index in [-0.39, 0.29) is 23.8 Å². The van der Waals surface area contributed by atoms with Crippen molar-refractivity contribution in [1.29, 1.82) is 0 Å². The van der Waals surface area contributed by atoms with Crippen LogP contribution in [0, 0.1) is 19.7 Å². The molecule has 2 aromatic rings. The Morgan fingerprint density at radius 2 is 1.83 bits per heavy atom. The summed E-state index contributed by atoms with van der Waals surface area (Å²) in [5.41, 5.74) is 3.41. The standard InChI is InChI=1S/C18H14FNO3S/c1-10-3-6-12(7-4-10)15-14(9-23-18(15)21)13-8-5-11(2)16(19)17(13)20-24-22/h3-8H,9H2,1-2H3. The number of halogens is 1. The molecule has 0 radical (unpaired) electrons. The Hall–Kier alpha value is -2.60. The first-order valence-corrected chi connectivity index (χ1v) is 7.99. The fourth-order valence-electron chi connectivity index (χ4n) is 2.67. The van der Waals surface area contributed by atoms with E-state index in [9.17, 15) is 13.4 Å². The van der Waals surface area contributed by atoms with Gasteiger partial charge in [0.25, 0.3) is 0 Å². The van der Waals surface area contributed by atoms with E-state index >= 15 is 0 Å². The maximum absolute atomic E-state index is 14.4. The molecule has 0 aliphatic carbocycles. The molecule has 6 heteroatoms. The molecule has 0 unspecified atom stereocenters. The molecular weight excluding hydrogens is 329 g/mol. The Kier molecular flexibility index (Phi) is 4.40. The number of nitrogens with zero attached hydrogens (tertiary/aromatic N) is 1. The minimum absolute atomic E-state index is 0.0244. The Labute approximate surface area is 142 Å². The lowest BCUT2D eigenvalue weighted by Crippen LogP contribution is -1.98. The summed E-state index contributed by atoms with van der Waals surface area (Å²) in [6.45, 7) is 3.57. The smallest absolute Gasteiger partial charge is 0.339 e. The molecule has 0 fully saturated rings. The van der Waals surface area contributed by atoms with E-state index in [1.807, 2.05) is 31.2 Å². The van der Waals surface area contributed by atoms with Crippen LogP contribution in [0.4, 0.5) is 10.1 Å². The number of hydrogen-bond acceptors (Lipinski definition) is 4. The van der Waals surface area contributed by atoms with Crippen molar-refractivity contribution in [2.45, 2.75) is 13.8 Å². The molecular formula is C18H14FNO3S. The third kappa shape index (κ3) is 2.80. The number of carbonyl (C=O) groups excluding carboxylic acids is 1. The van der Waals surface area contributed by atoms with Crippen molar-refractivity contribution in [3.8, 4) is 0 Å². The minimum Gasteiger partial charge on any atom is -0.457 e. The van der Waals surface area contributed by atoms with Gasteiger partial charge < -0.3 is 4.74 Å². The van der Waals surface area contributed by atoms with E-state index in [0.717, 1.165) is 5.56 Å². The zero-order valence-corrected chi connectivity index (χ0v) is 13.9. The highest BCUT2D eigenvalue weighted by Gasteiger charge is 2.29. The number of hydrogen-bond donors (Lipinski definition) is 0. The number of benzene rings is 2. The third-order valence-corrected chi connectivity index (χ3v) is 4.21. The zero-order valence-electron chi connectivity index (χ0n) is 13.1. The average molecular weight is 343 g/mol. The van der Waals surface area contributed by atoms with Crippen LogP contribution in [-0.4, -0.2) is 16.8 Å². The van der Waals surface area contributed by atoms with Crippen molar-refractivity contribution in [3.63, 3.8) is 0 Å². The zero-order chi connectivity index (χ0) is 17.3. The second-order valence-electron chi connectivity index (χ2n) is 5.55. The van der Waals surface area contributed by atoms with Gasteiger partial charge in [-0.15, -0.1) is 0 Å². The van der Waals surface area contributed by atoms with E-state index in [2.05, 4.69) is 4.36 Å². The van der Waals surface area contributed by atoms with Crippen LogP contribution < -0.4 is 0 Å². The molecule has 24 heavy (non-hydrogen) atoms. The molecule has 122 valence electrons. The van der Waals surface area contributed by atoms with Gasteiger partial charge >= 0.3 is 5.97 Å². The predicted octanol–water partition coefficient (Wildman–Crippen LogP) is 3.94. The number of cyclic esters (lactones) is 1. The van der Waals surface area contributed by atoms with Crippen molar-refractivity contribution < 1.29 is 18.1 Å². The van der Waals surface area contributed by atoms with Gasteiger partial charge in [-0.25, -0.2) is 9.18 Å². The first kappa shape index (κ1) is 16.3. The second-order valence-corrected chi connectivity index (χ2v) is 5.89. The van der Waals surface area contributed by atoms with E-state index < -0.39 is 11.8 Å². The second kappa shape index (κ2) is 6.49. The van der Waals surface area contributed by atoms with E-state index in [1.165, 1.54) is 0 Å². The first-order chi connectivity index (χ1) is 11.5. The number of carbonyl (C=O) groups is 1. The maximum atomic E-state index is 14.4. The number of rotatable bonds is 3. The largest absolute Gasteiger partial charge is 0.457 e. The quantitative estimate of drug-likeness (QED) is 0.793. The first-order valence-electron chi connectivity index (χ1n) is 7.29. The summed E-state index contributed by atoms with van der Waals surface area (Å²) >= 11 is -0.0630. The predicted molar refractivity (Wildman–Crippen MR) is 90.3 cm³/mol. The SMILES string of the molecule is Cc1ccc(C2=C(c3ccc(C)c(F)c3N=S=O)COC2=O)cc1. The van der Waals surface area contributed by atoms with Crippen LogP contribution in [0.15, 0.2) is 40.8 Å². The normalized spacial score (nSPS) is 13.9. The molecule has 1 aliphatic heterocycles. The monoisotopic (exact) mass is 343 g/mol. The average Bonchev–Trinajstić information content (AvgIpc) is 2.94. The Bertz CT molecular complexity index is 913. The highest BCUT2D eigenvalue weighted by molar-refractivity contribution is 7.54. The van der Waals surface area contributed by atoms with Crippen LogP contribution in [0.25, 0.3) is 11.1 Å². The topological polar surface area (TPSA) is 55.7 Å². The summed E-state index contributed by atoms with van der Waals surface area (Å²) in [7, 11) is 0. The summed E-state index contributed by atoms with van der Waals surface area (Å²) in [4.78, 5) is 12.2. The van der Waals surface area contributed by atoms with Crippen LogP contribution in [0.2, 0.25) is 0 Å². The third-order valence-electron chi connectivity index (χ3n) is 3.96. The Morgan fingerprint density at radius 1 is 1.12 bits per heavy atom. The Morgan fingerprint density at radius 3 is 2.50 bits per heavy atom. The fraction of sp³-hybridized carbons (Fsp3) is 0.167. The Balaban J connectivity index is 2.27.